The average Bonchev–Trinajstić information content (AvgIpc) is 2.65. The quantitative estimate of drug-likeness (QED) is 0.584. The molecular weight excluding hydrogens is 340 g/mol. The number of aryl methyl sites for hydroxylation is 2. The van der Waals surface area contributed by atoms with Crippen LogP contribution in [-0.4, -0.2) is 11.1 Å². The van der Waals surface area contributed by atoms with Gasteiger partial charge >= 0.3 is 5.97 Å². The second kappa shape index (κ2) is 8.90. The molecule has 0 amide bonds. The van der Waals surface area contributed by atoms with Crippen LogP contribution in [0.2, 0.25) is 0 Å². The van der Waals surface area contributed by atoms with Crippen molar-refractivity contribution in [2.24, 2.45) is 0 Å². The van der Waals surface area contributed by atoms with Gasteiger partial charge in [0.25, 0.3) is 0 Å². The van der Waals surface area contributed by atoms with Crippen molar-refractivity contribution in [3.63, 3.8) is 0 Å². The highest BCUT2D eigenvalue weighted by molar-refractivity contribution is 5.67. The van der Waals surface area contributed by atoms with E-state index in [0.29, 0.717) is 18.8 Å². The number of hydrogen-bond donors (Lipinski definition) is 1. The minimum absolute atomic E-state index is 0.0835. The first-order chi connectivity index (χ1) is 13.1. The summed E-state index contributed by atoms with van der Waals surface area (Å²) < 4.78 is 11.9. The molecule has 0 atom stereocenters. The van der Waals surface area contributed by atoms with Gasteiger partial charge in [-0.25, -0.2) is 0 Å². The van der Waals surface area contributed by atoms with Crippen LogP contribution < -0.4 is 9.47 Å². The van der Waals surface area contributed by atoms with Crippen molar-refractivity contribution < 1.29 is 19.4 Å². The summed E-state index contributed by atoms with van der Waals surface area (Å²) in [4.78, 5) is 10.8. The van der Waals surface area contributed by atoms with Gasteiger partial charge in [-0.05, 0) is 60.4 Å². The zero-order valence-corrected chi connectivity index (χ0v) is 15.2. The third kappa shape index (κ3) is 5.61. The number of benzene rings is 3. The van der Waals surface area contributed by atoms with Crippen molar-refractivity contribution in [2.75, 3.05) is 0 Å². The standard InChI is InChI=1S/C23H22O4/c1-17-6-4-9-20(14-17)27-21-10-5-7-18(15-21)16-26-22-11-3-2-8-19(22)12-13-23(24)25/h2-11,14-15H,12-13,16H2,1H3,(H,24,25). The molecule has 0 unspecified atom stereocenters. The van der Waals surface area contributed by atoms with E-state index in [1.807, 2.05) is 79.7 Å². The molecular formula is C23H22O4. The van der Waals surface area contributed by atoms with E-state index in [9.17, 15) is 4.79 Å². The van der Waals surface area contributed by atoms with Crippen LogP contribution in [0.25, 0.3) is 0 Å². The summed E-state index contributed by atoms with van der Waals surface area (Å²) in [7, 11) is 0. The summed E-state index contributed by atoms with van der Waals surface area (Å²) in [6.45, 7) is 2.41. The fourth-order valence-corrected chi connectivity index (χ4v) is 2.77. The molecule has 0 spiro atoms. The zero-order chi connectivity index (χ0) is 19.1. The van der Waals surface area contributed by atoms with Crippen LogP contribution in [0.15, 0.2) is 72.8 Å². The maximum atomic E-state index is 10.8. The van der Waals surface area contributed by atoms with Crippen molar-refractivity contribution in [2.45, 2.75) is 26.4 Å². The van der Waals surface area contributed by atoms with E-state index < -0.39 is 5.97 Å². The van der Waals surface area contributed by atoms with Crippen LogP contribution in [0.5, 0.6) is 17.2 Å². The maximum Gasteiger partial charge on any atom is 0.303 e. The highest BCUT2D eigenvalue weighted by Crippen LogP contribution is 2.25. The number of ether oxygens (including phenoxy) is 2. The Morgan fingerprint density at radius 3 is 2.44 bits per heavy atom. The SMILES string of the molecule is Cc1cccc(Oc2cccc(COc3ccccc3CCC(=O)O)c2)c1. The average molecular weight is 362 g/mol. The molecule has 27 heavy (non-hydrogen) atoms. The lowest BCUT2D eigenvalue weighted by Gasteiger charge is -2.12. The van der Waals surface area contributed by atoms with E-state index in [1.54, 1.807) is 0 Å². The molecule has 0 bridgehead atoms. The minimum Gasteiger partial charge on any atom is -0.489 e. The molecule has 3 rings (SSSR count). The zero-order valence-electron chi connectivity index (χ0n) is 15.2. The van der Waals surface area contributed by atoms with Crippen molar-refractivity contribution in [1.29, 1.82) is 0 Å². The van der Waals surface area contributed by atoms with Crippen molar-refractivity contribution in [1.82, 2.24) is 0 Å². The Balaban J connectivity index is 1.66. The predicted octanol–water partition coefficient (Wildman–Crippen LogP) is 5.38. The number of carboxylic acid groups (broad SMARTS) is 1. The molecule has 0 fully saturated rings. The molecule has 3 aromatic carbocycles. The fourth-order valence-electron chi connectivity index (χ4n) is 2.77. The normalized spacial score (nSPS) is 10.4. The lowest BCUT2D eigenvalue weighted by Crippen LogP contribution is -2.02. The second-order valence-electron chi connectivity index (χ2n) is 6.36. The van der Waals surface area contributed by atoms with Crippen LogP contribution in [0, 0.1) is 6.92 Å². The maximum absolute atomic E-state index is 10.8. The molecule has 1 N–H and O–H groups in total. The van der Waals surface area contributed by atoms with Crippen LogP contribution in [0.4, 0.5) is 0 Å². The lowest BCUT2D eigenvalue weighted by molar-refractivity contribution is -0.136. The summed E-state index contributed by atoms with van der Waals surface area (Å²) in [5, 5.41) is 8.89. The Kier molecular flexibility index (Phi) is 6.10. The smallest absolute Gasteiger partial charge is 0.303 e. The number of rotatable bonds is 8. The van der Waals surface area contributed by atoms with Crippen LogP contribution in [0.3, 0.4) is 0 Å². The molecule has 3 aromatic rings. The van der Waals surface area contributed by atoms with Crippen molar-refractivity contribution >= 4 is 5.97 Å². The first-order valence-electron chi connectivity index (χ1n) is 8.86. The molecule has 0 heterocycles. The van der Waals surface area contributed by atoms with Gasteiger partial charge in [-0.2, -0.15) is 0 Å². The molecule has 0 aliphatic heterocycles. The minimum atomic E-state index is -0.814. The van der Waals surface area contributed by atoms with Gasteiger partial charge in [0, 0.05) is 6.42 Å². The molecule has 0 radical (unpaired) electrons. The topological polar surface area (TPSA) is 55.8 Å². The highest BCUT2D eigenvalue weighted by atomic mass is 16.5. The predicted molar refractivity (Wildman–Crippen MR) is 104 cm³/mol. The third-order valence-electron chi connectivity index (χ3n) is 4.10. The van der Waals surface area contributed by atoms with Gasteiger partial charge in [0.1, 0.15) is 23.9 Å². The van der Waals surface area contributed by atoms with Crippen LogP contribution in [0.1, 0.15) is 23.1 Å². The second-order valence-corrected chi connectivity index (χ2v) is 6.36. The number of hydrogen-bond acceptors (Lipinski definition) is 3. The van der Waals surface area contributed by atoms with E-state index in [2.05, 4.69) is 0 Å². The van der Waals surface area contributed by atoms with E-state index >= 15 is 0 Å². The molecule has 4 nitrogen and oxygen atoms in total. The Labute approximate surface area is 159 Å². The first kappa shape index (κ1) is 18.5. The van der Waals surface area contributed by atoms with Gasteiger partial charge in [0.15, 0.2) is 0 Å². The van der Waals surface area contributed by atoms with Crippen LogP contribution >= 0.6 is 0 Å². The summed E-state index contributed by atoms with van der Waals surface area (Å²) in [6, 6.07) is 23.2. The summed E-state index contributed by atoms with van der Waals surface area (Å²) in [5.74, 6) is 1.45. The van der Waals surface area contributed by atoms with Crippen LogP contribution in [-0.2, 0) is 17.8 Å². The van der Waals surface area contributed by atoms with Crippen molar-refractivity contribution in [3.05, 3.63) is 89.5 Å². The molecule has 4 heteroatoms. The van der Waals surface area contributed by atoms with E-state index in [1.165, 1.54) is 0 Å². The van der Waals surface area contributed by atoms with Crippen molar-refractivity contribution in [3.8, 4) is 17.2 Å². The lowest BCUT2D eigenvalue weighted by atomic mass is 10.1. The Morgan fingerprint density at radius 1 is 0.926 bits per heavy atom. The molecule has 0 saturated carbocycles. The Morgan fingerprint density at radius 2 is 1.67 bits per heavy atom. The molecule has 0 saturated heterocycles. The molecule has 0 aliphatic rings. The van der Waals surface area contributed by atoms with Gasteiger partial charge in [0.2, 0.25) is 0 Å². The van der Waals surface area contributed by atoms with E-state index in [-0.39, 0.29) is 6.42 Å². The number of carboxylic acids is 1. The van der Waals surface area contributed by atoms with Gasteiger partial charge in [-0.3, -0.25) is 4.79 Å². The van der Waals surface area contributed by atoms with E-state index in [4.69, 9.17) is 14.6 Å². The third-order valence-corrected chi connectivity index (χ3v) is 4.10. The molecule has 0 aliphatic carbocycles. The summed E-state index contributed by atoms with van der Waals surface area (Å²) in [5.41, 5.74) is 3.02. The summed E-state index contributed by atoms with van der Waals surface area (Å²) >= 11 is 0. The highest BCUT2D eigenvalue weighted by Gasteiger charge is 2.07. The van der Waals surface area contributed by atoms with Gasteiger partial charge in [0.05, 0.1) is 0 Å². The van der Waals surface area contributed by atoms with Gasteiger partial charge in [-0.15, -0.1) is 0 Å². The van der Waals surface area contributed by atoms with Gasteiger partial charge in [-0.1, -0.05) is 42.5 Å². The monoisotopic (exact) mass is 362 g/mol. The number of aliphatic carboxylic acids is 1. The fraction of sp³-hybridized carbons (Fsp3) is 0.174. The molecule has 0 aromatic heterocycles. The Bertz CT molecular complexity index is 918. The Hall–Kier alpha value is -3.27. The first-order valence-corrected chi connectivity index (χ1v) is 8.86. The summed E-state index contributed by atoms with van der Waals surface area (Å²) in [6.07, 6.45) is 0.530. The number of carbonyl (C=O) groups is 1. The van der Waals surface area contributed by atoms with E-state index in [0.717, 1.165) is 28.2 Å². The largest absolute Gasteiger partial charge is 0.489 e. The molecule has 138 valence electrons. The van der Waals surface area contributed by atoms with Gasteiger partial charge < -0.3 is 14.6 Å². The number of para-hydroxylation sites is 1.